The van der Waals surface area contributed by atoms with Crippen molar-refractivity contribution >= 4 is 22.9 Å². The second-order valence-electron chi connectivity index (χ2n) is 1.48. The second kappa shape index (κ2) is 2.34. The van der Waals surface area contributed by atoms with E-state index >= 15 is 0 Å². The van der Waals surface area contributed by atoms with E-state index in [0.29, 0.717) is 10.2 Å². The van der Waals surface area contributed by atoms with Crippen molar-refractivity contribution in [1.82, 2.24) is 4.98 Å². The van der Waals surface area contributed by atoms with E-state index in [2.05, 4.69) is 4.98 Å². The molecule has 0 unspecified atom stereocenters. The third-order valence-electron chi connectivity index (χ3n) is 0.876. The summed E-state index contributed by atoms with van der Waals surface area (Å²) in [6, 6.07) is 1.93. The lowest BCUT2D eigenvalue weighted by Crippen LogP contribution is -1.73. The van der Waals surface area contributed by atoms with E-state index in [-0.39, 0.29) is 0 Å². The Morgan fingerprint density at radius 2 is 2.44 bits per heavy atom. The number of hydrogen-bond acceptors (Lipinski definition) is 3. The Balaban J connectivity index is 3.20. The van der Waals surface area contributed by atoms with E-state index in [4.69, 9.17) is 16.9 Å². The van der Waals surface area contributed by atoms with Crippen molar-refractivity contribution < 1.29 is 0 Å². The molecule has 0 aliphatic heterocycles. The standard InChI is InChI=1S/C5H3ClN2S/c1-3-4(2-7)8-5(6)9-3/h1H3. The highest BCUT2D eigenvalue weighted by atomic mass is 35.5. The molecule has 0 aliphatic rings. The maximum absolute atomic E-state index is 8.37. The number of nitriles is 1. The highest BCUT2D eigenvalue weighted by Gasteiger charge is 2.02. The molecule has 1 aromatic heterocycles. The van der Waals surface area contributed by atoms with Gasteiger partial charge in [-0.3, -0.25) is 0 Å². The molecule has 0 atom stereocenters. The van der Waals surface area contributed by atoms with Crippen LogP contribution in [0, 0.1) is 18.3 Å². The Kier molecular flexibility index (Phi) is 1.70. The lowest BCUT2D eigenvalue weighted by Gasteiger charge is -1.74. The minimum Gasteiger partial charge on any atom is -0.214 e. The molecule has 0 radical (unpaired) electrons. The summed E-state index contributed by atoms with van der Waals surface area (Å²) in [6.45, 7) is 1.82. The minimum absolute atomic E-state index is 0.434. The van der Waals surface area contributed by atoms with E-state index in [0.717, 1.165) is 4.88 Å². The van der Waals surface area contributed by atoms with Crippen LogP contribution in [0.15, 0.2) is 0 Å². The van der Waals surface area contributed by atoms with E-state index in [9.17, 15) is 0 Å². The molecule has 2 nitrogen and oxygen atoms in total. The molecule has 0 saturated carbocycles. The highest BCUT2D eigenvalue weighted by Crippen LogP contribution is 2.20. The zero-order valence-corrected chi connectivity index (χ0v) is 6.25. The van der Waals surface area contributed by atoms with Crippen LogP contribution >= 0.6 is 22.9 Å². The number of rotatable bonds is 0. The van der Waals surface area contributed by atoms with E-state index in [1.165, 1.54) is 11.3 Å². The van der Waals surface area contributed by atoms with Crippen molar-refractivity contribution in [2.75, 3.05) is 0 Å². The predicted molar refractivity (Wildman–Crippen MR) is 36.6 cm³/mol. The molecule has 9 heavy (non-hydrogen) atoms. The van der Waals surface area contributed by atoms with Gasteiger partial charge in [-0.15, -0.1) is 11.3 Å². The van der Waals surface area contributed by atoms with E-state index in [1.54, 1.807) is 0 Å². The van der Waals surface area contributed by atoms with Crippen LogP contribution < -0.4 is 0 Å². The van der Waals surface area contributed by atoms with E-state index in [1.807, 2.05) is 13.0 Å². The molecular formula is C5H3ClN2S. The lowest BCUT2D eigenvalue weighted by atomic mass is 10.4. The van der Waals surface area contributed by atoms with Gasteiger partial charge in [0.25, 0.3) is 0 Å². The smallest absolute Gasteiger partial charge is 0.185 e. The number of aromatic nitrogens is 1. The summed E-state index contributed by atoms with van der Waals surface area (Å²) in [5.74, 6) is 0. The molecule has 0 aliphatic carbocycles. The zero-order valence-electron chi connectivity index (χ0n) is 4.68. The van der Waals surface area contributed by atoms with Crippen LogP contribution in [-0.2, 0) is 0 Å². The molecule has 0 amide bonds. The fourth-order valence-electron chi connectivity index (χ4n) is 0.468. The van der Waals surface area contributed by atoms with Crippen LogP contribution in [-0.4, -0.2) is 4.98 Å². The fourth-order valence-corrected chi connectivity index (χ4v) is 1.48. The lowest BCUT2D eigenvalue weighted by molar-refractivity contribution is 1.30. The zero-order chi connectivity index (χ0) is 6.85. The second-order valence-corrected chi connectivity index (χ2v) is 3.27. The van der Waals surface area contributed by atoms with Crippen molar-refractivity contribution in [3.63, 3.8) is 0 Å². The Hall–Kier alpha value is -0.590. The first kappa shape index (κ1) is 6.53. The summed E-state index contributed by atoms with van der Waals surface area (Å²) >= 11 is 6.83. The first-order valence-electron chi connectivity index (χ1n) is 2.27. The predicted octanol–water partition coefficient (Wildman–Crippen LogP) is 1.98. The normalized spacial score (nSPS) is 9.00. The van der Waals surface area contributed by atoms with Crippen molar-refractivity contribution in [1.29, 1.82) is 5.26 Å². The summed E-state index contributed by atoms with van der Waals surface area (Å²) in [5, 5.41) is 8.37. The van der Waals surface area contributed by atoms with Crippen LogP contribution in [0.1, 0.15) is 10.6 Å². The molecule has 0 bridgehead atoms. The maximum atomic E-state index is 8.37. The van der Waals surface area contributed by atoms with Gasteiger partial charge in [-0.25, -0.2) is 4.98 Å². The summed E-state index contributed by atoms with van der Waals surface area (Å²) in [7, 11) is 0. The van der Waals surface area contributed by atoms with Crippen LogP contribution in [0.3, 0.4) is 0 Å². The molecule has 0 N–H and O–H groups in total. The average Bonchev–Trinajstić information content (AvgIpc) is 2.10. The Morgan fingerprint density at radius 3 is 2.67 bits per heavy atom. The van der Waals surface area contributed by atoms with Crippen molar-refractivity contribution in [3.8, 4) is 6.07 Å². The first-order chi connectivity index (χ1) is 4.24. The summed E-state index contributed by atoms with van der Waals surface area (Å²) < 4.78 is 0.434. The Bertz CT molecular complexity index is 260. The number of aryl methyl sites for hydroxylation is 1. The molecule has 0 aromatic carbocycles. The third kappa shape index (κ3) is 1.21. The number of nitrogens with zero attached hydrogens (tertiary/aromatic N) is 2. The number of hydrogen-bond donors (Lipinski definition) is 0. The van der Waals surface area contributed by atoms with Gasteiger partial charge in [-0.2, -0.15) is 5.26 Å². The largest absolute Gasteiger partial charge is 0.214 e. The van der Waals surface area contributed by atoms with E-state index < -0.39 is 0 Å². The Morgan fingerprint density at radius 1 is 1.78 bits per heavy atom. The molecule has 0 saturated heterocycles. The fraction of sp³-hybridized carbons (Fsp3) is 0.200. The quantitative estimate of drug-likeness (QED) is 0.579. The van der Waals surface area contributed by atoms with Gasteiger partial charge in [-0.05, 0) is 6.92 Å². The Labute approximate surface area is 61.7 Å². The van der Waals surface area contributed by atoms with Crippen LogP contribution in [0.4, 0.5) is 0 Å². The molecule has 1 heterocycles. The summed E-state index contributed by atoms with van der Waals surface area (Å²) in [5.41, 5.74) is 0.435. The first-order valence-corrected chi connectivity index (χ1v) is 3.46. The average molecular weight is 159 g/mol. The van der Waals surface area contributed by atoms with Crippen molar-refractivity contribution in [2.45, 2.75) is 6.92 Å². The number of thiazole rings is 1. The molecule has 0 fully saturated rings. The van der Waals surface area contributed by atoms with Gasteiger partial charge in [0.05, 0.1) is 0 Å². The summed E-state index contributed by atoms with van der Waals surface area (Å²) in [4.78, 5) is 4.63. The molecular weight excluding hydrogens is 156 g/mol. The maximum Gasteiger partial charge on any atom is 0.185 e. The van der Waals surface area contributed by atoms with Gasteiger partial charge < -0.3 is 0 Å². The molecule has 4 heteroatoms. The van der Waals surface area contributed by atoms with Gasteiger partial charge in [0, 0.05) is 4.88 Å². The van der Waals surface area contributed by atoms with Crippen molar-refractivity contribution in [2.24, 2.45) is 0 Å². The summed E-state index contributed by atoms with van der Waals surface area (Å²) in [6.07, 6.45) is 0. The molecule has 1 rings (SSSR count). The highest BCUT2D eigenvalue weighted by molar-refractivity contribution is 7.15. The van der Waals surface area contributed by atoms with Gasteiger partial charge in [0.2, 0.25) is 0 Å². The minimum atomic E-state index is 0.434. The molecule has 46 valence electrons. The molecule has 1 aromatic rings. The van der Waals surface area contributed by atoms with Crippen LogP contribution in [0.2, 0.25) is 4.47 Å². The topological polar surface area (TPSA) is 36.7 Å². The van der Waals surface area contributed by atoms with Gasteiger partial charge in [-0.1, -0.05) is 11.6 Å². The van der Waals surface area contributed by atoms with Crippen LogP contribution in [0.25, 0.3) is 0 Å². The third-order valence-corrected chi connectivity index (χ3v) is 1.95. The monoisotopic (exact) mass is 158 g/mol. The van der Waals surface area contributed by atoms with Crippen molar-refractivity contribution in [3.05, 3.63) is 15.0 Å². The van der Waals surface area contributed by atoms with Crippen LogP contribution in [0.5, 0.6) is 0 Å². The number of halogens is 1. The van der Waals surface area contributed by atoms with Gasteiger partial charge >= 0.3 is 0 Å². The molecule has 0 spiro atoms. The van der Waals surface area contributed by atoms with Gasteiger partial charge in [0.1, 0.15) is 6.07 Å². The SMILES string of the molecule is Cc1sc(Cl)nc1C#N. The van der Waals surface area contributed by atoms with Gasteiger partial charge in [0.15, 0.2) is 10.2 Å².